The summed E-state index contributed by atoms with van der Waals surface area (Å²) in [6.45, 7) is 2.52. The van der Waals surface area contributed by atoms with Crippen molar-refractivity contribution in [2.24, 2.45) is 0 Å². The summed E-state index contributed by atoms with van der Waals surface area (Å²) < 4.78 is 13.2. The van der Waals surface area contributed by atoms with Gasteiger partial charge in [-0.25, -0.2) is 4.98 Å². The van der Waals surface area contributed by atoms with Gasteiger partial charge in [-0.1, -0.05) is 23.7 Å². The van der Waals surface area contributed by atoms with Gasteiger partial charge in [-0.2, -0.15) is 0 Å². The average molecular weight is 432 g/mol. The lowest BCUT2D eigenvalue weighted by Gasteiger charge is -2.09. The number of carbonyl (C=O) groups is 1. The minimum atomic E-state index is -0.276. The van der Waals surface area contributed by atoms with Crippen LogP contribution in [0.5, 0.6) is 5.75 Å². The molecule has 31 heavy (non-hydrogen) atoms. The predicted molar refractivity (Wildman–Crippen MR) is 119 cm³/mol. The third kappa shape index (κ3) is 3.35. The molecule has 7 heteroatoms. The van der Waals surface area contributed by atoms with Gasteiger partial charge in [-0.3, -0.25) is 9.78 Å². The first kappa shape index (κ1) is 19.3. The maximum Gasteiger partial charge on any atom is 0.269 e. The molecular weight excluding hydrogens is 414 g/mol. The molecule has 0 fully saturated rings. The summed E-state index contributed by atoms with van der Waals surface area (Å²) in [5.74, 6) is 0.438. The molecule has 0 atom stereocenters. The van der Waals surface area contributed by atoms with Gasteiger partial charge >= 0.3 is 0 Å². The lowest BCUT2D eigenvalue weighted by Crippen LogP contribution is -2.06. The molecule has 154 valence electrons. The number of oxazole rings is 1. The lowest BCUT2D eigenvalue weighted by atomic mass is 10.1. The number of benzene rings is 2. The van der Waals surface area contributed by atoms with Crippen molar-refractivity contribution in [3.63, 3.8) is 0 Å². The Labute approximate surface area is 183 Å². The van der Waals surface area contributed by atoms with Gasteiger partial charge < -0.3 is 13.7 Å². The van der Waals surface area contributed by atoms with Crippen LogP contribution in [0.15, 0.2) is 65.3 Å². The Bertz CT molecular complexity index is 1400. The van der Waals surface area contributed by atoms with Crippen LogP contribution in [0.2, 0.25) is 5.02 Å². The number of ketones is 1. The highest BCUT2D eigenvalue weighted by molar-refractivity contribution is 6.30. The van der Waals surface area contributed by atoms with Crippen LogP contribution in [0.25, 0.3) is 22.0 Å². The normalized spacial score (nSPS) is 11.3. The summed E-state index contributed by atoms with van der Waals surface area (Å²) in [6.07, 6.45) is 3.19. The smallest absolute Gasteiger partial charge is 0.269 e. The number of hydrogen-bond acceptors (Lipinski definition) is 5. The molecule has 0 amide bonds. The second-order valence-corrected chi connectivity index (χ2v) is 7.68. The number of halogens is 1. The Kier molecular flexibility index (Phi) is 4.71. The Hall–Kier alpha value is -3.64. The Morgan fingerprint density at radius 3 is 2.71 bits per heavy atom. The first-order chi connectivity index (χ1) is 15.0. The fraction of sp³-hybridized carbons (Fsp3) is 0.125. The van der Waals surface area contributed by atoms with Crippen LogP contribution in [0.4, 0.5) is 0 Å². The van der Waals surface area contributed by atoms with Gasteiger partial charge in [0.05, 0.1) is 18.9 Å². The van der Waals surface area contributed by atoms with Gasteiger partial charge in [0.1, 0.15) is 11.3 Å². The molecule has 5 rings (SSSR count). The fourth-order valence-electron chi connectivity index (χ4n) is 3.84. The standard InChI is InChI=1S/C24H18ClN3O3/c1-14-22(23(29)24-27-19-12-26-10-9-21(19)31-24)18-11-17(30-2)7-8-20(18)28(14)13-15-3-5-16(25)6-4-15/h3-12H,13H2,1-2H3. The molecule has 2 aromatic carbocycles. The first-order valence-corrected chi connectivity index (χ1v) is 10.1. The van der Waals surface area contributed by atoms with Crippen LogP contribution in [0.1, 0.15) is 27.5 Å². The number of carbonyl (C=O) groups excluding carboxylic acids is 1. The molecule has 0 radical (unpaired) electrons. The van der Waals surface area contributed by atoms with E-state index in [0.717, 1.165) is 22.2 Å². The molecule has 5 aromatic rings. The van der Waals surface area contributed by atoms with E-state index in [1.165, 1.54) is 0 Å². The summed E-state index contributed by atoms with van der Waals surface area (Å²) in [5.41, 5.74) is 4.44. The molecule has 0 N–H and O–H groups in total. The summed E-state index contributed by atoms with van der Waals surface area (Å²) in [4.78, 5) is 21.9. The van der Waals surface area contributed by atoms with Crippen molar-refractivity contribution in [2.45, 2.75) is 13.5 Å². The number of fused-ring (bicyclic) bond motifs is 2. The van der Waals surface area contributed by atoms with Gasteiger partial charge in [0.25, 0.3) is 5.89 Å². The van der Waals surface area contributed by atoms with Crippen LogP contribution in [0.3, 0.4) is 0 Å². The number of pyridine rings is 1. The summed E-state index contributed by atoms with van der Waals surface area (Å²) in [6, 6.07) is 15.1. The molecule has 0 spiro atoms. The van der Waals surface area contributed by atoms with E-state index in [2.05, 4.69) is 14.5 Å². The maximum atomic E-state index is 13.5. The molecule has 0 bridgehead atoms. The van der Waals surface area contributed by atoms with Crippen molar-refractivity contribution < 1.29 is 13.9 Å². The van der Waals surface area contributed by atoms with E-state index in [9.17, 15) is 4.79 Å². The molecule has 3 heterocycles. The molecule has 0 saturated carbocycles. The Balaban J connectivity index is 1.68. The Morgan fingerprint density at radius 2 is 1.97 bits per heavy atom. The maximum absolute atomic E-state index is 13.5. The molecule has 0 unspecified atom stereocenters. The zero-order valence-electron chi connectivity index (χ0n) is 16.9. The minimum Gasteiger partial charge on any atom is -0.497 e. The SMILES string of the molecule is COc1ccc2c(c1)c(C(=O)c1nc3cnccc3o1)c(C)n2Cc1ccc(Cl)cc1. The number of ether oxygens (including phenoxy) is 1. The number of nitrogens with zero attached hydrogens (tertiary/aromatic N) is 3. The molecule has 0 aliphatic heterocycles. The van der Waals surface area contributed by atoms with Crippen LogP contribution in [0, 0.1) is 6.92 Å². The van der Waals surface area contributed by atoms with E-state index in [1.54, 1.807) is 25.6 Å². The Morgan fingerprint density at radius 1 is 1.16 bits per heavy atom. The molecule has 6 nitrogen and oxygen atoms in total. The predicted octanol–water partition coefficient (Wildman–Crippen LogP) is 5.43. The van der Waals surface area contributed by atoms with E-state index in [4.69, 9.17) is 20.8 Å². The van der Waals surface area contributed by atoms with Crippen molar-refractivity contribution in [1.82, 2.24) is 14.5 Å². The second kappa shape index (κ2) is 7.56. The highest BCUT2D eigenvalue weighted by Gasteiger charge is 2.25. The van der Waals surface area contributed by atoms with Crippen molar-refractivity contribution in [1.29, 1.82) is 0 Å². The monoisotopic (exact) mass is 431 g/mol. The fourth-order valence-corrected chi connectivity index (χ4v) is 3.96. The van der Waals surface area contributed by atoms with Crippen molar-refractivity contribution in [3.8, 4) is 5.75 Å². The van der Waals surface area contributed by atoms with Gasteiger partial charge in [0, 0.05) is 40.4 Å². The van der Waals surface area contributed by atoms with Gasteiger partial charge in [-0.15, -0.1) is 0 Å². The van der Waals surface area contributed by atoms with Crippen LogP contribution in [-0.4, -0.2) is 27.4 Å². The third-order valence-corrected chi connectivity index (χ3v) is 5.65. The minimum absolute atomic E-state index is 0.0412. The number of aromatic nitrogens is 3. The number of rotatable bonds is 5. The molecule has 0 aliphatic rings. The first-order valence-electron chi connectivity index (χ1n) is 9.71. The quantitative estimate of drug-likeness (QED) is 0.347. The van der Waals surface area contributed by atoms with Gasteiger partial charge in [0.15, 0.2) is 5.58 Å². The number of methoxy groups -OCH3 is 1. The largest absolute Gasteiger partial charge is 0.497 e. The third-order valence-electron chi connectivity index (χ3n) is 5.40. The van der Waals surface area contributed by atoms with Gasteiger partial charge in [0.2, 0.25) is 5.78 Å². The van der Waals surface area contributed by atoms with Crippen molar-refractivity contribution >= 4 is 39.4 Å². The van der Waals surface area contributed by atoms with E-state index in [-0.39, 0.29) is 11.7 Å². The molecular formula is C24H18ClN3O3. The van der Waals surface area contributed by atoms with E-state index in [0.29, 0.717) is 34.0 Å². The second-order valence-electron chi connectivity index (χ2n) is 7.25. The average Bonchev–Trinajstić information content (AvgIpc) is 3.34. The molecule has 0 saturated heterocycles. The summed E-state index contributed by atoms with van der Waals surface area (Å²) in [5, 5.41) is 1.47. The summed E-state index contributed by atoms with van der Waals surface area (Å²) in [7, 11) is 1.61. The van der Waals surface area contributed by atoms with E-state index >= 15 is 0 Å². The zero-order valence-corrected chi connectivity index (χ0v) is 17.7. The summed E-state index contributed by atoms with van der Waals surface area (Å²) >= 11 is 6.03. The van der Waals surface area contributed by atoms with Crippen molar-refractivity contribution in [2.75, 3.05) is 7.11 Å². The highest BCUT2D eigenvalue weighted by Crippen LogP contribution is 2.32. The van der Waals surface area contributed by atoms with Gasteiger partial charge in [-0.05, 0) is 42.8 Å². The van der Waals surface area contributed by atoms with E-state index in [1.807, 2.05) is 49.4 Å². The van der Waals surface area contributed by atoms with Crippen LogP contribution >= 0.6 is 11.6 Å². The van der Waals surface area contributed by atoms with Crippen molar-refractivity contribution in [3.05, 3.63) is 88.7 Å². The molecule has 0 aliphatic carbocycles. The van der Waals surface area contributed by atoms with E-state index < -0.39 is 0 Å². The number of hydrogen-bond donors (Lipinski definition) is 0. The van der Waals surface area contributed by atoms with Crippen LogP contribution < -0.4 is 4.74 Å². The molecule has 3 aromatic heterocycles. The zero-order chi connectivity index (χ0) is 21.5. The topological polar surface area (TPSA) is 70.2 Å². The van der Waals surface area contributed by atoms with Crippen LogP contribution in [-0.2, 0) is 6.54 Å². The highest BCUT2D eigenvalue weighted by atomic mass is 35.5. The lowest BCUT2D eigenvalue weighted by molar-refractivity contribution is 0.101.